The van der Waals surface area contributed by atoms with Gasteiger partial charge in [0.25, 0.3) is 5.56 Å². The lowest BCUT2D eigenvalue weighted by atomic mass is 10.1. The summed E-state index contributed by atoms with van der Waals surface area (Å²) in [5.41, 5.74) is -0.210. The summed E-state index contributed by atoms with van der Waals surface area (Å²) in [7, 11) is 1.58. The third-order valence-corrected chi connectivity index (χ3v) is 3.22. The van der Waals surface area contributed by atoms with Gasteiger partial charge in [0.2, 0.25) is 0 Å². The van der Waals surface area contributed by atoms with Crippen molar-refractivity contribution in [3.8, 4) is 0 Å². The number of nitrogens with one attached hydrogen (secondary N) is 1. The number of anilines is 1. The summed E-state index contributed by atoms with van der Waals surface area (Å²) in [6.07, 6.45) is -4.84. The zero-order valence-corrected chi connectivity index (χ0v) is 10.8. The third-order valence-electron chi connectivity index (χ3n) is 2.94. The van der Waals surface area contributed by atoms with Gasteiger partial charge in [-0.25, -0.2) is 0 Å². The highest BCUT2D eigenvalue weighted by Gasteiger charge is 2.44. The summed E-state index contributed by atoms with van der Waals surface area (Å²) >= 11 is 5.85. The molecule has 1 fully saturated rings. The maximum atomic E-state index is 11.9. The first-order valence-electron chi connectivity index (χ1n) is 5.59. The summed E-state index contributed by atoms with van der Waals surface area (Å²) < 4.78 is 6.04. The molecular formula is C10H14ClN3O5. The van der Waals surface area contributed by atoms with Crippen LogP contribution in [0.3, 0.4) is 0 Å². The zero-order chi connectivity index (χ0) is 14.2. The van der Waals surface area contributed by atoms with E-state index < -0.39 is 36.7 Å². The van der Waals surface area contributed by atoms with E-state index in [-0.39, 0.29) is 5.15 Å². The van der Waals surface area contributed by atoms with Gasteiger partial charge in [0.15, 0.2) is 11.4 Å². The van der Waals surface area contributed by atoms with Gasteiger partial charge in [-0.05, 0) is 0 Å². The molecule has 0 amide bonds. The molecule has 0 bridgehead atoms. The fourth-order valence-corrected chi connectivity index (χ4v) is 2.12. The number of halogens is 1. The van der Waals surface area contributed by atoms with Crippen LogP contribution in [0.1, 0.15) is 6.23 Å². The molecule has 0 saturated carbocycles. The monoisotopic (exact) mass is 291 g/mol. The SMILES string of the molecule is CNc1cc(=O)n([C@@H]2O[C@H](CO)[C@@H](O)[C@H]2O)nc1Cl. The van der Waals surface area contributed by atoms with Crippen molar-refractivity contribution in [3.63, 3.8) is 0 Å². The quantitative estimate of drug-likeness (QED) is 0.538. The molecule has 106 valence electrons. The van der Waals surface area contributed by atoms with Crippen LogP contribution in [0.25, 0.3) is 0 Å². The van der Waals surface area contributed by atoms with Gasteiger partial charge in [0.1, 0.15) is 18.3 Å². The number of nitrogens with zero attached hydrogens (tertiary/aromatic N) is 2. The molecule has 19 heavy (non-hydrogen) atoms. The van der Waals surface area contributed by atoms with E-state index >= 15 is 0 Å². The van der Waals surface area contributed by atoms with Crippen LogP contribution in [0, 0.1) is 0 Å². The highest BCUT2D eigenvalue weighted by molar-refractivity contribution is 6.31. The van der Waals surface area contributed by atoms with Crippen LogP contribution in [-0.4, -0.2) is 57.1 Å². The predicted molar refractivity (Wildman–Crippen MR) is 66.1 cm³/mol. The van der Waals surface area contributed by atoms with Crippen LogP contribution < -0.4 is 10.9 Å². The largest absolute Gasteiger partial charge is 0.394 e. The molecule has 4 atom stereocenters. The normalized spacial score (nSPS) is 30.6. The van der Waals surface area contributed by atoms with Gasteiger partial charge in [-0.1, -0.05) is 11.6 Å². The molecule has 1 aliphatic heterocycles. The molecule has 2 heterocycles. The molecule has 9 heteroatoms. The van der Waals surface area contributed by atoms with E-state index in [1.807, 2.05) is 0 Å². The van der Waals surface area contributed by atoms with Crippen LogP contribution in [0.4, 0.5) is 5.69 Å². The predicted octanol–water partition coefficient (Wildman–Crippen LogP) is -1.45. The van der Waals surface area contributed by atoms with E-state index in [9.17, 15) is 15.0 Å². The van der Waals surface area contributed by atoms with Crippen LogP contribution in [0.15, 0.2) is 10.9 Å². The number of ether oxygens (including phenoxy) is 1. The Morgan fingerprint density at radius 1 is 1.53 bits per heavy atom. The van der Waals surface area contributed by atoms with Crippen molar-refractivity contribution in [2.24, 2.45) is 0 Å². The average Bonchev–Trinajstić information content (AvgIpc) is 2.68. The fourth-order valence-electron chi connectivity index (χ4n) is 1.89. The number of hydrogen-bond donors (Lipinski definition) is 4. The minimum atomic E-state index is -1.38. The maximum Gasteiger partial charge on any atom is 0.271 e. The van der Waals surface area contributed by atoms with E-state index in [4.69, 9.17) is 21.4 Å². The Labute approximate surface area is 113 Å². The topological polar surface area (TPSA) is 117 Å². The van der Waals surface area contributed by atoms with Gasteiger partial charge in [-0.3, -0.25) is 4.79 Å². The second kappa shape index (κ2) is 5.43. The second-order valence-corrected chi connectivity index (χ2v) is 4.47. The highest BCUT2D eigenvalue weighted by atomic mass is 35.5. The van der Waals surface area contributed by atoms with Crippen molar-refractivity contribution in [1.29, 1.82) is 0 Å². The van der Waals surface area contributed by atoms with Gasteiger partial charge in [-0.15, -0.1) is 0 Å². The first-order valence-corrected chi connectivity index (χ1v) is 5.97. The maximum absolute atomic E-state index is 11.9. The molecule has 8 nitrogen and oxygen atoms in total. The highest BCUT2D eigenvalue weighted by Crippen LogP contribution is 2.28. The molecule has 0 aromatic carbocycles. The van der Waals surface area contributed by atoms with Crippen molar-refractivity contribution in [1.82, 2.24) is 9.78 Å². The Kier molecular flexibility index (Phi) is 4.07. The number of hydrogen-bond acceptors (Lipinski definition) is 7. The Hall–Kier alpha value is -1.19. The standard InChI is InChI=1S/C10H14ClN3O5/c1-12-4-2-6(16)14(13-9(4)11)10-8(18)7(17)5(3-15)19-10/h2,5,7-8,10,12,15,17-18H,3H2,1H3/t5-,7-,8-,10-/m1/s1. The van der Waals surface area contributed by atoms with E-state index in [2.05, 4.69) is 10.4 Å². The van der Waals surface area contributed by atoms with E-state index in [0.29, 0.717) is 5.69 Å². The lowest BCUT2D eigenvalue weighted by Gasteiger charge is -2.17. The molecular weight excluding hydrogens is 278 g/mol. The minimum Gasteiger partial charge on any atom is -0.394 e. The van der Waals surface area contributed by atoms with E-state index in [1.165, 1.54) is 6.07 Å². The Morgan fingerprint density at radius 3 is 2.74 bits per heavy atom. The second-order valence-electron chi connectivity index (χ2n) is 4.11. The van der Waals surface area contributed by atoms with Crippen LogP contribution in [-0.2, 0) is 4.74 Å². The minimum absolute atomic E-state index is 0.0276. The van der Waals surface area contributed by atoms with Crippen molar-refractivity contribution < 1.29 is 20.1 Å². The molecule has 1 aromatic heterocycles. The number of rotatable bonds is 3. The van der Waals surface area contributed by atoms with Gasteiger partial charge >= 0.3 is 0 Å². The molecule has 1 aliphatic rings. The van der Waals surface area contributed by atoms with Gasteiger partial charge in [0, 0.05) is 13.1 Å². The van der Waals surface area contributed by atoms with Crippen LogP contribution in [0.5, 0.6) is 0 Å². The van der Waals surface area contributed by atoms with Gasteiger partial charge < -0.3 is 25.4 Å². The fraction of sp³-hybridized carbons (Fsp3) is 0.600. The number of aliphatic hydroxyl groups is 3. The van der Waals surface area contributed by atoms with Crippen molar-refractivity contribution in [3.05, 3.63) is 21.6 Å². The van der Waals surface area contributed by atoms with Gasteiger partial charge in [0.05, 0.1) is 12.3 Å². The molecule has 1 aromatic rings. The lowest BCUT2D eigenvalue weighted by Crippen LogP contribution is -2.36. The molecule has 0 unspecified atom stereocenters. The molecule has 1 saturated heterocycles. The lowest BCUT2D eigenvalue weighted by molar-refractivity contribution is -0.0609. The summed E-state index contributed by atoms with van der Waals surface area (Å²) in [4.78, 5) is 11.9. The van der Waals surface area contributed by atoms with E-state index in [1.54, 1.807) is 7.05 Å². The zero-order valence-electron chi connectivity index (χ0n) is 10.0. The average molecular weight is 292 g/mol. The Balaban J connectivity index is 2.38. The Morgan fingerprint density at radius 2 is 2.21 bits per heavy atom. The smallest absolute Gasteiger partial charge is 0.271 e. The first kappa shape index (κ1) is 14.2. The molecule has 0 aliphatic carbocycles. The molecule has 4 N–H and O–H groups in total. The number of aromatic nitrogens is 2. The summed E-state index contributed by atoms with van der Waals surface area (Å²) in [6.45, 7) is -0.480. The van der Waals surface area contributed by atoms with Crippen LogP contribution in [0.2, 0.25) is 5.15 Å². The van der Waals surface area contributed by atoms with Crippen molar-refractivity contribution >= 4 is 17.3 Å². The van der Waals surface area contributed by atoms with Crippen molar-refractivity contribution in [2.45, 2.75) is 24.5 Å². The summed E-state index contributed by atoms with van der Waals surface area (Å²) in [5.74, 6) is 0. The number of aliphatic hydroxyl groups excluding tert-OH is 3. The Bertz CT molecular complexity index is 522. The van der Waals surface area contributed by atoms with Crippen molar-refractivity contribution in [2.75, 3.05) is 19.0 Å². The summed E-state index contributed by atoms with van der Waals surface area (Å²) in [5, 5.41) is 35.0. The molecule has 0 spiro atoms. The first-order chi connectivity index (χ1) is 8.99. The van der Waals surface area contributed by atoms with Gasteiger partial charge in [-0.2, -0.15) is 9.78 Å². The van der Waals surface area contributed by atoms with Crippen LogP contribution >= 0.6 is 11.6 Å². The van der Waals surface area contributed by atoms with E-state index in [0.717, 1.165) is 4.68 Å². The molecule has 0 radical (unpaired) electrons. The third kappa shape index (κ3) is 2.45. The summed E-state index contributed by atoms with van der Waals surface area (Å²) in [6, 6.07) is 1.20. The molecule has 2 rings (SSSR count).